The van der Waals surface area contributed by atoms with Crippen molar-refractivity contribution in [2.45, 2.75) is 46.3 Å². The molecule has 1 aromatic heterocycles. The second-order valence-corrected chi connectivity index (χ2v) is 6.42. The lowest BCUT2D eigenvalue weighted by molar-refractivity contribution is 0.108. The van der Waals surface area contributed by atoms with Crippen molar-refractivity contribution in [3.63, 3.8) is 0 Å². The summed E-state index contributed by atoms with van der Waals surface area (Å²) < 4.78 is 0. The number of hydrogen-bond donors (Lipinski definition) is 2. The molecule has 0 amide bonds. The van der Waals surface area contributed by atoms with Crippen LogP contribution in [0.15, 0.2) is 4.99 Å². The Morgan fingerprint density at radius 3 is 2.70 bits per heavy atom. The van der Waals surface area contributed by atoms with Gasteiger partial charge in [-0.05, 0) is 33.6 Å². The molecule has 1 aliphatic heterocycles. The zero-order valence-electron chi connectivity index (χ0n) is 12.5. The molecule has 0 bridgehead atoms. The summed E-state index contributed by atoms with van der Waals surface area (Å²) in [6.45, 7) is 9.43. The number of piperidine rings is 1. The van der Waals surface area contributed by atoms with Crippen LogP contribution in [0.4, 0.5) is 0 Å². The molecule has 1 aliphatic rings. The molecule has 5 nitrogen and oxygen atoms in total. The molecule has 2 N–H and O–H groups in total. The van der Waals surface area contributed by atoms with Crippen molar-refractivity contribution in [2.75, 3.05) is 19.6 Å². The number of aliphatic hydroxyl groups is 1. The van der Waals surface area contributed by atoms with Gasteiger partial charge in [-0.1, -0.05) is 0 Å². The number of thiazole rings is 1. The van der Waals surface area contributed by atoms with E-state index in [4.69, 9.17) is 4.99 Å². The van der Waals surface area contributed by atoms with E-state index in [-0.39, 0.29) is 6.10 Å². The minimum absolute atomic E-state index is 0.152. The Bertz CT molecular complexity index is 464. The number of aromatic nitrogens is 1. The highest BCUT2D eigenvalue weighted by Crippen LogP contribution is 2.18. The molecule has 6 heteroatoms. The van der Waals surface area contributed by atoms with E-state index in [9.17, 15) is 5.11 Å². The molecule has 1 saturated heterocycles. The van der Waals surface area contributed by atoms with Gasteiger partial charge in [0.05, 0.1) is 23.4 Å². The second kappa shape index (κ2) is 7.04. The number of likely N-dealkylation sites (tertiary alicyclic amines) is 1. The van der Waals surface area contributed by atoms with Crippen LogP contribution < -0.4 is 5.32 Å². The van der Waals surface area contributed by atoms with Gasteiger partial charge in [-0.2, -0.15) is 0 Å². The van der Waals surface area contributed by atoms with E-state index < -0.39 is 0 Å². The number of nitrogens with one attached hydrogen (secondary N) is 1. The molecule has 1 aromatic rings. The lowest BCUT2D eigenvalue weighted by atomic mass is 10.1. The summed E-state index contributed by atoms with van der Waals surface area (Å²) in [6, 6.07) is 0. The Morgan fingerprint density at radius 1 is 1.45 bits per heavy atom. The average molecular weight is 296 g/mol. The van der Waals surface area contributed by atoms with Crippen LogP contribution in [0.2, 0.25) is 0 Å². The van der Waals surface area contributed by atoms with Crippen molar-refractivity contribution in [1.82, 2.24) is 15.2 Å². The van der Waals surface area contributed by atoms with E-state index in [0.29, 0.717) is 6.54 Å². The summed E-state index contributed by atoms with van der Waals surface area (Å²) in [4.78, 5) is 12.6. The lowest BCUT2D eigenvalue weighted by Gasteiger charge is -2.32. The SMILES string of the molecule is CCNC(=NCc1sc(C)nc1C)N1CCC(O)CC1. The summed E-state index contributed by atoms with van der Waals surface area (Å²) in [5.74, 6) is 0.949. The number of nitrogens with zero attached hydrogens (tertiary/aromatic N) is 3. The highest BCUT2D eigenvalue weighted by atomic mass is 32.1. The molecule has 0 radical (unpaired) electrons. The summed E-state index contributed by atoms with van der Waals surface area (Å²) >= 11 is 1.72. The van der Waals surface area contributed by atoms with E-state index in [1.165, 1.54) is 4.88 Å². The normalized spacial score (nSPS) is 17.6. The van der Waals surface area contributed by atoms with Gasteiger partial charge < -0.3 is 15.3 Å². The third-order valence-corrected chi connectivity index (χ3v) is 4.53. The zero-order valence-corrected chi connectivity index (χ0v) is 13.3. The summed E-state index contributed by atoms with van der Waals surface area (Å²) in [5.41, 5.74) is 1.08. The number of aliphatic imine (C=N–C) groups is 1. The lowest BCUT2D eigenvalue weighted by Crippen LogP contribution is -2.46. The third kappa shape index (κ3) is 3.93. The minimum Gasteiger partial charge on any atom is -0.393 e. The summed E-state index contributed by atoms with van der Waals surface area (Å²) in [6.07, 6.45) is 1.49. The number of hydrogen-bond acceptors (Lipinski definition) is 4. The molecular formula is C14H24N4OS. The number of guanidine groups is 1. The fraction of sp³-hybridized carbons (Fsp3) is 0.714. The van der Waals surface area contributed by atoms with Crippen LogP contribution in [-0.2, 0) is 6.54 Å². The predicted molar refractivity (Wildman–Crippen MR) is 83.2 cm³/mol. The van der Waals surface area contributed by atoms with Crippen molar-refractivity contribution in [2.24, 2.45) is 4.99 Å². The topological polar surface area (TPSA) is 60.8 Å². The van der Waals surface area contributed by atoms with Crippen LogP contribution >= 0.6 is 11.3 Å². The van der Waals surface area contributed by atoms with Gasteiger partial charge in [0.2, 0.25) is 0 Å². The Labute approximate surface area is 124 Å². The summed E-state index contributed by atoms with van der Waals surface area (Å²) in [5, 5.41) is 14.0. The van der Waals surface area contributed by atoms with E-state index in [1.807, 2.05) is 13.8 Å². The van der Waals surface area contributed by atoms with Gasteiger partial charge in [0.25, 0.3) is 0 Å². The largest absolute Gasteiger partial charge is 0.393 e. The maximum absolute atomic E-state index is 9.59. The monoisotopic (exact) mass is 296 g/mol. The molecule has 0 aliphatic carbocycles. The second-order valence-electron chi connectivity index (χ2n) is 5.13. The first-order valence-electron chi connectivity index (χ1n) is 7.24. The minimum atomic E-state index is -0.152. The van der Waals surface area contributed by atoms with Gasteiger partial charge in [-0.3, -0.25) is 0 Å². The highest BCUT2D eigenvalue weighted by Gasteiger charge is 2.19. The molecule has 0 spiro atoms. The zero-order chi connectivity index (χ0) is 14.5. The van der Waals surface area contributed by atoms with Crippen molar-refractivity contribution in [3.8, 4) is 0 Å². The maximum atomic E-state index is 9.59. The molecule has 0 saturated carbocycles. The number of aryl methyl sites for hydroxylation is 2. The summed E-state index contributed by atoms with van der Waals surface area (Å²) in [7, 11) is 0. The first-order chi connectivity index (χ1) is 9.60. The van der Waals surface area contributed by atoms with E-state index in [0.717, 1.165) is 49.1 Å². The first kappa shape index (κ1) is 15.3. The van der Waals surface area contributed by atoms with Gasteiger partial charge in [0.15, 0.2) is 5.96 Å². The van der Waals surface area contributed by atoms with E-state index in [1.54, 1.807) is 11.3 Å². The van der Waals surface area contributed by atoms with E-state index >= 15 is 0 Å². The van der Waals surface area contributed by atoms with Crippen molar-refractivity contribution in [3.05, 3.63) is 15.6 Å². The quantitative estimate of drug-likeness (QED) is 0.658. The van der Waals surface area contributed by atoms with Crippen molar-refractivity contribution >= 4 is 17.3 Å². The molecule has 20 heavy (non-hydrogen) atoms. The van der Waals surface area contributed by atoms with Crippen LogP contribution in [-0.4, -0.2) is 46.7 Å². The van der Waals surface area contributed by atoms with Crippen LogP contribution in [0.5, 0.6) is 0 Å². The maximum Gasteiger partial charge on any atom is 0.194 e. The van der Waals surface area contributed by atoms with Crippen molar-refractivity contribution in [1.29, 1.82) is 0 Å². The van der Waals surface area contributed by atoms with Gasteiger partial charge in [0, 0.05) is 24.5 Å². The molecule has 112 valence electrons. The van der Waals surface area contributed by atoms with Crippen LogP contribution in [0.3, 0.4) is 0 Å². The molecule has 0 aromatic carbocycles. The smallest absolute Gasteiger partial charge is 0.194 e. The Morgan fingerprint density at radius 2 is 2.15 bits per heavy atom. The number of aliphatic hydroxyl groups excluding tert-OH is 1. The Hall–Kier alpha value is -1.14. The van der Waals surface area contributed by atoms with E-state index in [2.05, 4.69) is 22.1 Å². The Kier molecular flexibility index (Phi) is 5.37. The fourth-order valence-electron chi connectivity index (χ4n) is 2.37. The van der Waals surface area contributed by atoms with Crippen LogP contribution in [0.1, 0.15) is 35.3 Å². The first-order valence-corrected chi connectivity index (χ1v) is 8.06. The molecular weight excluding hydrogens is 272 g/mol. The van der Waals surface area contributed by atoms with Crippen LogP contribution in [0, 0.1) is 13.8 Å². The van der Waals surface area contributed by atoms with Gasteiger partial charge in [-0.25, -0.2) is 9.98 Å². The van der Waals surface area contributed by atoms with Crippen LogP contribution in [0.25, 0.3) is 0 Å². The molecule has 1 fully saturated rings. The molecule has 0 unspecified atom stereocenters. The van der Waals surface area contributed by atoms with Gasteiger partial charge in [0.1, 0.15) is 0 Å². The third-order valence-electron chi connectivity index (χ3n) is 3.47. The molecule has 0 atom stereocenters. The van der Waals surface area contributed by atoms with Gasteiger partial charge >= 0.3 is 0 Å². The predicted octanol–water partition coefficient (Wildman–Crippen LogP) is 1.68. The standard InChI is InChI=1S/C14H24N4OS/c1-4-15-14(18-7-5-12(19)6-8-18)16-9-13-10(2)17-11(3)20-13/h12,19H,4-9H2,1-3H3,(H,15,16). The average Bonchev–Trinajstić information content (AvgIpc) is 2.74. The fourth-order valence-corrected chi connectivity index (χ4v) is 3.23. The van der Waals surface area contributed by atoms with Crippen molar-refractivity contribution < 1.29 is 5.11 Å². The molecule has 2 rings (SSSR count). The highest BCUT2D eigenvalue weighted by molar-refractivity contribution is 7.11. The molecule has 2 heterocycles. The number of rotatable bonds is 3. The Balaban J connectivity index is 2.03. The van der Waals surface area contributed by atoms with Gasteiger partial charge in [-0.15, -0.1) is 11.3 Å².